The first-order valence-corrected chi connectivity index (χ1v) is 11.1. The third-order valence-corrected chi connectivity index (χ3v) is 5.54. The molecule has 3 aromatic rings. The molecule has 9 heteroatoms. The van der Waals surface area contributed by atoms with E-state index in [0.717, 1.165) is 36.4 Å². The topological polar surface area (TPSA) is 58.7 Å². The van der Waals surface area contributed by atoms with E-state index < -0.39 is 17.6 Å². The minimum atomic E-state index is -4.48. The standard InChI is InChI=1S/C25H28F3N3O3/c1-3-4-14-30(24(33)19-9-11-20(12-10-19)25(26,27)28)18-23(32)31(17-22-8-6-15-34-22)16-21-7-5-13-29(21)2/h5-13,15H,3-4,14,16-18H2,1-2H3. The van der Waals surface area contributed by atoms with Crippen molar-refractivity contribution in [3.8, 4) is 0 Å². The van der Waals surface area contributed by atoms with Gasteiger partial charge < -0.3 is 18.8 Å². The van der Waals surface area contributed by atoms with Crippen molar-refractivity contribution < 1.29 is 27.2 Å². The normalized spacial score (nSPS) is 11.4. The van der Waals surface area contributed by atoms with E-state index in [9.17, 15) is 22.8 Å². The minimum Gasteiger partial charge on any atom is -0.467 e. The number of halogens is 3. The Labute approximate surface area is 196 Å². The van der Waals surface area contributed by atoms with Crippen LogP contribution >= 0.6 is 0 Å². The molecule has 0 N–H and O–H groups in total. The van der Waals surface area contributed by atoms with Gasteiger partial charge in [-0.2, -0.15) is 13.2 Å². The van der Waals surface area contributed by atoms with Gasteiger partial charge in [-0.25, -0.2) is 0 Å². The molecule has 0 atom stereocenters. The van der Waals surface area contributed by atoms with Crippen molar-refractivity contribution >= 4 is 11.8 Å². The molecular weight excluding hydrogens is 447 g/mol. The van der Waals surface area contributed by atoms with Gasteiger partial charge in [0.25, 0.3) is 5.91 Å². The van der Waals surface area contributed by atoms with Crippen LogP contribution in [-0.2, 0) is 31.1 Å². The van der Waals surface area contributed by atoms with Crippen LogP contribution in [-0.4, -0.2) is 39.3 Å². The molecule has 0 radical (unpaired) electrons. The fourth-order valence-electron chi connectivity index (χ4n) is 3.53. The molecule has 0 unspecified atom stereocenters. The van der Waals surface area contributed by atoms with Crippen molar-refractivity contribution in [3.05, 3.63) is 83.6 Å². The van der Waals surface area contributed by atoms with Crippen molar-refractivity contribution in [2.75, 3.05) is 13.1 Å². The van der Waals surface area contributed by atoms with E-state index in [4.69, 9.17) is 4.42 Å². The smallest absolute Gasteiger partial charge is 0.416 e. The van der Waals surface area contributed by atoms with Gasteiger partial charge >= 0.3 is 6.18 Å². The van der Waals surface area contributed by atoms with Crippen LogP contribution in [0.1, 0.15) is 47.1 Å². The minimum absolute atomic E-state index is 0.108. The van der Waals surface area contributed by atoms with Gasteiger partial charge in [0.1, 0.15) is 12.3 Å². The number of alkyl halides is 3. The predicted molar refractivity (Wildman–Crippen MR) is 121 cm³/mol. The second-order valence-corrected chi connectivity index (χ2v) is 8.09. The van der Waals surface area contributed by atoms with E-state index in [0.29, 0.717) is 25.3 Å². The molecule has 2 amide bonds. The Morgan fingerprint density at radius 2 is 1.74 bits per heavy atom. The van der Waals surface area contributed by atoms with E-state index >= 15 is 0 Å². The molecular formula is C25H28F3N3O3. The van der Waals surface area contributed by atoms with Gasteiger partial charge in [0.05, 0.1) is 24.9 Å². The molecule has 1 aromatic carbocycles. The maximum Gasteiger partial charge on any atom is 0.416 e. The molecule has 34 heavy (non-hydrogen) atoms. The largest absolute Gasteiger partial charge is 0.467 e. The van der Waals surface area contributed by atoms with Gasteiger partial charge in [-0.1, -0.05) is 13.3 Å². The zero-order valence-corrected chi connectivity index (χ0v) is 19.2. The van der Waals surface area contributed by atoms with Crippen LogP contribution in [0.3, 0.4) is 0 Å². The predicted octanol–water partition coefficient (Wildman–Crippen LogP) is 5.11. The number of aromatic nitrogens is 1. The summed E-state index contributed by atoms with van der Waals surface area (Å²) in [5, 5.41) is 0. The van der Waals surface area contributed by atoms with Gasteiger partial charge in [-0.15, -0.1) is 0 Å². The quantitative estimate of drug-likeness (QED) is 0.410. The van der Waals surface area contributed by atoms with Crippen LogP contribution in [0.5, 0.6) is 0 Å². The number of benzene rings is 1. The van der Waals surface area contributed by atoms with Crippen molar-refractivity contribution in [2.45, 2.75) is 39.0 Å². The first-order valence-electron chi connectivity index (χ1n) is 11.1. The molecule has 3 rings (SSSR count). The van der Waals surface area contributed by atoms with Crippen LogP contribution in [0.25, 0.3) is 0 Å². The summed E-state index contributed by atoms with van der Waals surface area (Å²) in [7, 11) is 1.88. The lowest BCUT2D eigenvalue weighted by Crippen LogP contribution is -2.43. The van der Waals surface area contributed by atoms with Crippen LogP contribution in [0, 0.1) is 0 Å². The van der Waals surface area contributed by atoms with Crippen molar-refractivity contribution in [2.24, 2.45) is 7.05 Å². The fourth-order valence-corrected chi connectivity index (χ4v) is 3.53. The lowest BCUT2D eigenvalue weighted by atomic mass is 10.1. The Morgan fingerprint density at radius 3 is 2.29 bits per heavy atom. The average Bonchev–Trinajstić information content (AvgIpc) is 3.47. The monoisotopic (exact) mass is 475 g/mol. The lowest BCUT2D eigenvalue weighted by Gasteiger charge is -2.27. The average molecular weight is 476 g/mol. The number of furan rings is 1. The maximum absolute atomic E-state index is 13.3. The SMILES string of the molecule is CCCCN(CC(=O)N(Cc1ccco1)Cc1cccn1C)C(=O)c1ccc(C(F)(F)F)cc1. The van der Waals surface area contributed by atoms with Crippen molar-refractivity contribution in [1.29, 1.82) is 0 Å². The highest BCUT2D eigenvalue weighted by molar-refractivity contribution is 5.96. The van der Waals surface area contributed by atoms with E-state index in [-0.39, 0.29) is 24.6 Å². The lowest BCUT2D eigenvalue weighted by molar-refractivity contribution is -0.137. The van der Waals surface area contributed by atoms with E-state index in [1.807, 2.05) is 36.9 Å². The molecule has 0 spiro atoms. The number of aryl methyl sites for hydroxylation is 1. The number of carbonyl (C=O) groups excluding carboxylic acids is 2. The number of rotatable bonds is 10. The second kappa shape index (κ2) is 11.1. The zero-order valence-electron chi connectivity index (χ0n) is 19.2. The summed E-state index contributed by atoms with van der Waals surface area (Å²) in [6, 6.07) is 11.4. The first-order chi connectivity index (χ1) is 16.2. The Hall–Kier alpha value is -3.49. The molecule has 0 fully saturated rings. The molecule has 0 aliphatic rings. The number of hydrogen-bond acceptors (Lipinski definition) is 3. The van der Waals surface area contributed by atoms with E-state index in [1.54, 1.807) is 17.0 Å². The molecule has 0 aliphatic heterocycles. The van der Waals surface area contributed by atoms with Gasteiger partial charge in [0, 0.05) is 31.0 Å². The van der Waals surface area contributed by atoms with Crippen LogP contribution in [0.15, 0.2) is 65.4 Å². The van der Waals surface area contributed by atoms with E-state index in [1.165, 1.54) is 11.2 Å². The summed E-state index contributed by atoms with van der Waals surface area (Å²) < 4.78 is 46.0. The number of carbonyl (C=O) groups is 2. The summed E-state index contributed by atoms with van der Waals surface area (Å²) in [6.07, 6.45) is 0.386. The molecule has 182 valence electrons. The maximum atomic E-state index is 13.3. The van der Waals surface area contributed by atoms with Crippen LogP contribution < -0.4 is 0 Å². The molecule has 0 saturated heterocycles. The third kappa shape index (κ3) is 6.52. The molecule has 0 saturated carbocycles. The van der Waals surface area contributed by atoms with Gasteiger partial charge in [-0.05, 0) is 55.0 Å². The highest BCUT2D eigenvalue weighted by Gasteiger charge is 2.31. The second-order valence-electron chi connectivity index (χ2n) is 8.09. The Morgan fingerprint density at radius 1 is 1.00 bits per heavy atom. The number of hydrogen-bond donors (Lipinski definition) is 0. The van der Waals surface area contributed by atoms with Crippen molar-refractivity contribution in [1.82, 2.24) is 14.4 Å². The number of nitrogens with zero attached hydrogens (tertiary/aromatic N) is 3. The van der Waals surface area contributed by atoms with Gasteiger partial charge in [0.2, 0.25) is 5.91 Å². The summed E-state index contributed by atoms with van der Waals surface area (Å²) >= 11 is 0. The summed E-state index contributed by atoms with van der Waals surface area (Å²) in [4.78, 5) is 29.4. The Kier molecular flexibility index (Phi) is 8.20. The summed E-state index contributed by atoms with van der Waals surface area (Å²) in [5.41, 5.74) is 0.193. The molecule has 2 aromatic heterocycles. The Bertz CT molecular complexity index is 1070. The highest BCUT2D eigenvalue weighted by Crippen LogP contribution is 2.29. The summed E-state index contributed by atoms with van der Waals surface area (Å²) in [5.74, 6) is -0.155. The summed E-state index contributed by atoms with van der Waals surface area (Å²) in [6.45, 7) is 2.64. The van der Waals surface area contributed by atoms with Gasteiger partial charge in [0.15, 0.2) is 0 Å². The highest BCUT2D eigenvalue weighted by atomic mass is 19.4. The fraction of sp³-hybridized carbons (Fsp3) is 0.360. The van der Waals surface area contributed by atoms with Crippen LogP contribution in [0.4, 0.5) is 13.2 Å². The molecule has 0 bridgehead atoms. The zero-order chi connectivity index (χ0) is 24.7. The van der Waals surface area contributed by atoms with Gasteiger partial charge in [-0.3, -0.25) is 9.59 Å². The molecule has 0 aliphatic carbocycles. The number of unbranched alkanes of at least 4 members (excludes halogenated alkanes) is 1. The first kappa shape index (κ1) is 25.1. The van der Waals surface area contributed by atoms with Crippen LogP contribution in [0.2, 0.25) is 0 Å². The van der Waals surface area contributed by atoms with E-state index in [2.05, 4.69) is 0 Å². The molecule has 2 heterocycles. The Balaban J connectivity index is 1.79. The van der Waals surface area contributed by atoms with Crippen molar-refractivity contribution in [3.63, 3.8) is 0 Å². The third-order valence-electron chi connectivity index (χ3n) is 5.54. The molecule has 6 nitrogen and oxygen atoms in total. The number of amides is 2.